The second-order valence-electron chi connectivity index (χ2n) is 7.93. The summed E-state index contributed by atoms with van der Waals surface area (Å²) in [6.07, 6.45) is 4.93. The van der Waals surface area contributed by atoms with E-state index in [1.54, 1.807) is 0 Å². The number of benzene rings is 1. The molecule has 23 heavy (non-hydrogen) atoms. The van der Waals surface area contributed by atoms with Crippen molar-refractivity contribution in [1.29, 1.82) is 0 Å². The first-order chi connectivity index (χ1) is 10.3. The second kappa shape index (κ2) is 6.35. The van der Waals surface area contributed by atoms with Crippen molar-refractivity contribution in [2.75, 3.05) is 5.73 Å². The van der Waals surface area contributed by atoms with Crippen molar-refractivity contribution in [1.82, 2.24) is 5.32 Å². The average Bonchev–Trinajstić information content (AvgIpc) is 2.80. The van der Waals surface area contributed by atoms with Crippen molar-refractivity contribution < 1.29 is 4.79 Å². The lowest BCUT2D eigenvalue weighted by molar-refractivity contribution is -0.122. The third kappa shape index (κ3) is 2.96. The molecule has 2 aliphatic carbocycles. The molecule has 0 heterocycles. The van der Waals surface area contributed by atoms with Crippen molar-refractivity contribution in [2.45, 2.75) is 58.9 Å². The molecule has 3 atom stereocenters. The molecule has 0 spiro atoms. The fourth-order valence-electron chi connectivity index (χ4n) is 4.70. The maximum atomic E-state index is 12.4. The Bertz CT molecular complexity index is 586. The van der Waals surface area contributed by atoms with Gasteiger partial charge in [0.1, 0.15) is 0 Å². The summed E-state index contributed by atoms with van der Waals surface area (Å²) in [5.41, 5.74) is 8.38. The monoisotopic (exact) mass is 336 g/mol. The molecule has 3 N–H and O–H groups in total. The minimum atomic E-state index is 0. The van der Waals surface area contributed by atoms with Gasteiger partial charge in [-0.1, -0.05) is 39.0 Å². The Morgan fingerprint density at radius 2 is 2.00 bits per heavy atom. The number of para-hydroxylation sites is 1. The normalized spacial score (nSPS) is 30.7. The minimum Gasteiger partial charge on any atom is -0.399 e. The van der Waals surface area contributed by atoms with Gasteiger partial charge >= 0.3 is 0 Å². The van der Waals surface area contributed by atoms with Crippen LogP contribution in [-0.2, 0) is 11.2 Å². The van der Waals surface area contributed by atoms with Crippen LogP contribution in [0.15, 0.2) is 24.3 Å². The molecule has 1 aromatic rings. The molecule has 0 aromatic heterocycles. The Labute approximate surface area is 145 Å². The Hall–Kier alpha value is -1.22. The van der Waals surface area contributed by atoms with Gasteiger partial charge in [-0.2, -0.15) is 0 Å². The van der Waals surface area contributed by atoms with Gasteiger partial charge < -0.3 is 11.1 Å². The first kappa shape index (κ1) is 18.1. The molecule has 3 nitrogen and oxygen atoms in total. The standard InChI is InChI=1S/C19H28N2O.ClH/c1-18(2)14-10-11-19(18,3)16(12-14)21-17(22)9-8-13-6-4-5-7-15(13)20;/h4-7,14,16H,8-12,20H2,1-3H3,(H,21,22);1H. The van der Waals surface area contributed by atoms with E-state index in [1.807, 2.05) is 24.3 Å². The minimum absolute atomic E-state index is 0. The molecule has 2 aliphatic rings. The van der Waals surface area contributed by atoms with Crippen LogP contribution in [0.2, 0.25) is 0 Å². The summed E-state index contributed by atoms with van der Waals surface area (Å²) in [6.45, 7) is 7.11. The van der Waals surface area contributed by atoms with Crippen LogP contribution in [0, 0.1) is 16.7 Å². The van der Waals surface area contributed by atoms with Crippen molar-refractivity contribution in [3.8, 4) is 0 Å². The van der Waals surface area contributed by atoms with Crippen LogP contribution in [0.4, 0.5) is 5.69 Å². The predicted octanol–water partition coefficient (Wildman–Crippen LogP) is 3.95. The highest BCUT2D eigenvalue weighted by molar-refractivity contribution is 5.85. The van der Waals surface area contributed by atoms with Gasteiger partial charge in [0.25, 0.3) is 0 Å². The van der Waals surface area contributed by atoms with E-state index in [2.05, 4.69) is 26.1 Å². The van der Waals surface area contributed by atoms with Crippen LogP contribution in [-0.4, -0.2) is 11.9 Å². The number of halogens is 1. The molecular formula is C19H29ClN2O. The Kier molecular flexibility index (Phi) is 5.00. The van der Waals surface area contributed by atoms with Crippen molar-refractivity contribution in [3.63, 3.8) is 0 Å². The maximum absolute atomic E-state index is 12.4. The summed E-state index contributed by atoms with van der Waals surface area (Å²) >= 11 is 0. The molecule has 0 saturated heterocycles. The Balaban J connectivity index is 0.00000192. The van der Waals surface area contributed by atoms with Gasteiger partial charge in [-0.3, -0.25) is 4.79 Å². The van der Waals surface area contributed by atoms with E-state index >= 15 is 0 Å². The zero-order valence-corrected chi connectivity index (χ0v) is 15.2. The van der Waals surface area contributed by atoms with Crippen molar-refractivity contribution in [2.24, 2.45) is 16.7 Å². The van der Waals surface area contributed by atoms with E-state index in [1.165, 1.54) is 12.8 Å². The molecule has 2 fully saturated rings. The van der Waals surface area contributed by atoms with Crippen LogP contribution < -0.4 is 11.1 Å². The Morgan fingerprint density at radius 1 is 1.30 bits per heavy atom. The molecule has 128 valence electrons. The number of amides is 1. The van der Waals surface area contributed by atoms with E-state index in [0.29, 0.717) is 17.9 Å². The van der Waals surface area contributed by atoms with Crippen LogP contribution in [0.3, 0.4) is 0 Å². The topological polar surface area (TPSA) is 55.1 Å². The number of hydrogen-bond donors (Lipinski definition) is 2. The van der Waals surface area contributed by atoms with Gasteiger partial charge in [0.15, 0.2) is 0 Å². The molecule has 0 radical (unpaired) electrons. The summed E-state index contributed by atoms with van der Waals surface area (Å²) in [4.78, 5) is 12.4. The number of rotatable bonds is 4. The van der Waals surface area contributed by atoms with E-state index in [-0.39, 0.29) is 23.7 Å². The Morgan fingerprint density at radius 3 is 2.57 bits per heavy atom. The summed E-state index contributed by atoms with van der Waals surface area (Å²) in [5, 5.41) is 3.32. The van der Waals surface area contributed by atoms with Gasteiger partial charge in [0, 0.05) is 18.2 Å². The molecule has 3 rings (SSSR count). The van der Waals surface area contributed by atoms with Crippen molar-refractivity contribution >= 4 is 24.0 Å². The molecular weight excluding hydrogens is 308 g/mol. The largest absolute Gasteiger partial charge is 0.399 e. The molecule has 3 unspecified atom stereocenters. The first-order valence-corrected chi connectivity index (χ1v) is 8.47. The number of hydrogen-bond acceptors (Lipinski definition) is 2. The lowest BCUT2D eigenvalue weighted by Gasteiger charge is -2.39. The predicted molar refractivity (Wildman–Crippen MR) is 97.6 cm³/mol. The molecule has 2 bridgehead atoms. The SMILES string of the molecule is CC1(C)C2CCC1(C)C(NC(=O)CCc1ccccc1N)C2.Cl. The van der Waals surface area contributed by atoms with Crippen LogP contribution in [0.1, 0.15) is 52.0 Å². The van der Waals surface area contributed by atoms with E-state index in [0.717, 1.165) is 30.0 Å². The van der Waals surface area contributed by atoms with Gasteiger partial charge in [-0.15, -0.1) is 12.4 Å². The van der Waals surface area contributed by atoms with Gasteiger partial charge in [-0.05, 0) is 54.1 Å². The fourth-order valence-corrected chi connectivity index (χ4v) is 4.70. The maximum Gasteiger partial charge on any atom is 0.220 e. The third-order valence-corrected chi connectivity index (χ3v) is 6.81. The van der Waals surface area contributed by atoms with Crippen LogP contribution >= 0.6 is 12.4 Å². The first-order valence-electron chi connectivity index (χ1n) is 8.47. The van der Waals surface area contributed by atoms with Crippen molar-refractivity contribution in [3.05, 3.63) is 29.8 Å². The number of carbonyl (C=O) groups is 1. The molecule has 2 saturated carbocycles. The van der Waals surface area contributed by atoms with E-state index < -0.39 is 0 Å². The number of aryl methyl sites for hydroxylation is 1. The van der Waals surface area contributed by atoms with E-state index in [4.69, 9.17) is 5.73 Å². The number of fused-ring (bicyclic) bond motifs is 2. The quantitative estimate of drug-likeness (QED) is 0.818. The van der Waals surface area contributed by atoms with Gasteiger partial charge in [-0.25, -0.2) is 0 Å². The average molecular weight is 337 g/mol. The highest BCUT2D eigenvalue weighted by Gasteiger charge is 2.61. The smallest absolute Gasteiger partial charge is 0.220 e. The number of nitrogen functional groups attached to an aromatic ring is 1. The summed E-state index contributed by atoms with van der Waals surface area (Å²) < 4.78 is 0. The molecule has 1 aromatic carbocycles. The summed E-state index contributed by atoms with van der Waals surface area (Å²) in [7, 11) is 0. The second-order valence-corrected chi connectivity index (χ2v) is 7.93. The number of nitrogens with one attached hydrogen (secondary N) is 1. The van der Waals surface area contributed by atoms with Crippen LogP contribution in [0.25, 0.3) is 0 Å². The molecule has 0 aliphatic heterocycles. The zero-order chi connectivity index (χ0) is 16.0. The van der Waals surface area contributed by atoms with E-state index in [9.17, 15) is 4.79 Å². The summed E-state index contributed by atoms with van der Waals surface area (Å²) in [5.74, 6) is 0.922. The summed E-state index contributed by atoms with van der Waals surface area (Å²) in [6, 6.07) is 8.14. The van der Waals surface area contributed by atoms with Crippen LogP contribution in [0.5, 0.6) is 0 Å². The van der Waals surface area contributed by atoms with Gasteiger partial charge in [0.2, 0.25) is 5.91 Å². The highest BCUT2D eigenvalue weighted by Crippen LogP contribution is 2.65. The highest BCUT2D eigenvalue weighted by atomic mass is 35.5. The number of anilines is 1. The lowest BCUT2D eigenvalue weighted by Crippen LogP contribution is -2.46. The zero-order valence-electron chi connectivity index (χ0n) is 14.4. The van der Waals surface area contributed by atoms with Gasteiger partial charge in [0.05, 0.1) is 0 Å². The number of carbonyl (C=O) groups excluding carboxylic acids is 1. The lowest BCUT2D eigenvalue weighted by atomic mass is 9.69. The fraction of sp³-hybridized carbons (Fsp3) is 0.632. The number of nitrogens with two attached hydrogens (primary N) is 1. The molecule has 1 amide bonds. The third-order valence-electron chi connectivity index (χ3n) is 6.81. The molecule has 4 heteroatoms.